The summed E-state index contributed by atoms with van der Waals surface area (Å²) in [6, 6.07) is 7.94. The predicted molar refractivity (Wildman–Crippen MR) is 90.7 cm³/mol. The van der Waals surface area contributed by atoms with E-state index >= 15 is 0 Å². The summed E-state index contributed by atoms with van der Waals surface area (Å²) in [5.74, 6) is 0.741. The van der Waals surface area contributed by atoms with Gasteiger partial charge in [0.2, 0.25) is 0 Å². The second-order valence-corrected chi connectivity index (χ2v) is 5.72. The number of nitrogens with one attached hydrogen (secondary N) is 2. The van der Waals surface area contributed by atoms with Gasteiger partial charge in [0, 0.05) is 18.2 Å². The maximum absolute atomic E-state index is 10.2. The van der Waals surface area contributed by atoms with Gasteiger partial charge in [0.05, 0.1) is 13.2 Å². The van der Waals surface area contributed by atoms with Crippen LogP contribution in [-0.4, -0.2) is 29.9 Å². The Morgan fingerprint density at radius 2 is 2.00 bits per heavy atom. The topological polar surface area (TPSA) is 53.5 Å². The molecule has 0 amide bonds. The van der Waals surface area contributed by atoms with Crippen LogP contribution in [0.25, 0.3) is 0 Å². The van der Waals surface area contributed by atoms with Crippen LogP contribution >= 0.6 is 12.2 Å². The van der Waals surface area contributed by atoms with Crippen LogP contribution in [0.4, 0.5) is 0 Å². The van der Waals surface area contributed by atoms with E-state index in [1.165, 1.54) is 0 Å². The van der Waals surface area contributed by atoms with Crippen molar-refractivity contribution in [2.24, 2.45) is 0 Å². The molecule has 0 aliphatic rings. The van der Waals surface area contributed by atoms with Crippen LogP contribution in [0.1, 0.15) is 44.8 Å². The number of benzene rings is 1. The van der Waals surface area contributed by atoms with E-state index in [1.54, 1.807) is 7.11 Å². The summed E-state index contributed by atoms with van der Waals surface area (Å²) in [5.41, 5.74) is 0.852. The molecule has 0 aliphatic heterocycles. The second-order valence-electron chi connectivity index (χ2n) is 5.31. The fourth-order valence-electron chi connectivity index (χ4n) is 2.08. The van der Waals surface area contributed by atoms with E-state index in [0.29, 0.717) is 17.6 Å². The van der Waals surface area contributed by atoms with Crippen molar-refractivity contribution in [3.63, 3.8) is 0 Å². The van der Waals surface area contributed by atoms with Crippen molar-refractivity contribution in [3.8, 4) is 5.75 Å². The number of aliphatic hydroxyl groups is 1. The molecule has 0 radical (unpaired) electrons. The number of para-hydroxylation sites is 1. The van der Waals surface area contributed by atoms with Crippen molar-refractivity contribution in [2.45, 2.75) is 45.3 Å². The third-order valence-corrected chi connectivity index (χ3v) is 3.37. The highest BCUT2D eigenvalue weighted by Crippen LogP contribution is 2.27. The van der Waals surface area contributed by atoms with Crippen LogP contribution < -0.4 is 15.4 Å². The summed E-state index contributed by atoms with van der Waals surface area (Å²) in [5, 5.41) is 17.2. The minimum absolute atomic E-state index is 0.345. The molecular formula is C16H26N2O2S. The third kappa shape index (κ3) is 6.78. The van der Waals surface area contributed by atoms with Crippen LogP contribution in [0, 0.1) is 0 Å². The Morgan fingerprint density at radius 1 is 1.29 bits per heavy atom. The van der Waals surface area contributed by atoms with Crippen molar-refractivity contribution in [1.82, 2.24) is 10.6 Å². The van der Waals surface area contributed by atoms with Gasteiger partial charge in [-0.25, -0.2) is 0 Å². The summed E-state index contributed by atoms with van der Waals surface area (Å²) >= 11 is 5.15. The van der Waals surface area contributed by atoms with Gasteiger partial charge in [0.25, 0.3) is 0 Å². The number of methoxy groups -OCH3 is 1. The highest BCUT2D eigenvalue weighted by Gasteiger charge is 2.11. The molecule has 0 fully saturated rings. The van der Waals surface area contributed by atoms with Gasteiger partial charge in [-0.15, -0.1) is 0 Å². The van der Waals surface area contributed by atoms with E-state index in [9.17, 15) is 5.11 Å². The molecule has 1 aromatic carbocycles. The normalized spacial score (nSPS) is 12.0. The van der Waals surface area contributed by atoms with Crippen LogP contribution in [0.2, 0.25) is 0 Å². The van der Waals surface area contributed by atoms with Crippen molar-refractivity contribution in [1.29, 1.82) is 0 Å². The molecule has 4 nitrogen and oxygen atoms in total. The minimum Gasteiger partial charge on any atom is -0.496 e. The Kier molecular flexibility index (Phi) is 8.08. The molecule has 1 atom stereocenters. The van der Waals surface area contributed by atoms with E-state index < -0.39 is 6.10 Å². The van der Waals surface area contributed by atoms with Gasteiger partial charge >= 0.3 is 0 Å². The minimum atomic E-state index is -0.484. The summed E-state index contributed by atoms with van der Waals surface area (Å²) in [4.78, 5) is 0. The number of rotatable bonds is 8. The van der Waals surface area contributed by atoms with Crippen molar-refractivity contribution in [2.75, 3.05) is 13.7 Å². The lowest BCUT2D eigenvalue weighted by molar-refractivity contribution is 0.160. The highest BCUT2D eigenvalue weighted by atomic mass is 32.1. The number of hydrogen-bond donors (Lipinski definition) is 3. The SMILES string of the molecule is COc1ccccc1C(O)CCCCNC(=S)NC(C)C. The standard InChI is InChI=1S/C16H26N2O2S/c1-12(2)18-16(21)17-11-7-6-9-14(19)13-8-4-5-10-15(13)20-3/h4-5,8,10,12,14,19H,6-7,9,11H2,1-3H3,(H2,17,18,21). The zero-order valence-corrected chi connectivity index (χ0v) is 13.9. The zero-order chi connectivity index (χ0) is 15.7. The molecule has 21 heavy (non-hydrogen) atoms. The molecule has 0 heterocycles. The summed E-state index contributed by atoms with van der Waals surface area (Å²) < 4.78 is 5.26. The van der Waals surface area contributed by atoms with Gasteiger partial charge in [-0.3, -0.25) is 0 Å². The average Bonchev–Trinajstić information content (AvgIpc) is 2.45. The Balaban J connectivity index is 2.25. The molecule has 1 aromatic rings. The first-order valence-corrected chi connectivity index (χ1v) is 7.80. The van der Waals surface area contributed by atoms with E-state index in [-0.39, 0.29) is 0 Å². The van der Waals surface area contributed by atoms with Crippen molar-refractivity contribution >= 4 is 17.3 Å². The van der Waals surface area contributed by atoms with Gasteiger partial charge in [0.1, 0.15) is 5.75 Å². The van der Waals surface area contributed by atoms with Crippen molar-refractivity contribution < 1.29 is 9.84 Å². The first kappa shape index (κ1) is 17.7. The first-order chi connectivity index (χ1) is 10.0. The fourth-order valence-corrected chi connectivity index (χ4v) is 2.41. The number of aliphatic hydroxyl groups excluding tert-OH is 1. The van der Waals surface area contributed by atoms with Gasteiger partial charge in [-0.05, 0) is 51.4 Å². The molecule has 0 aliphatic carbocycles. The second kappa shape index (κ2) is 9.58. The molecule has 5 heteroatoms. The molecule has 0 bridgehead atoms. The molecule has 3 N–H and O–H groups in total. The largest absolute Gasteiger partial charge is 0.496 e. The number of thiocarbonyl (C=S) groups is 1. The molecule has 0 saturated carbocycles. The lowest BCUT2D eigenvalue weighted by Crippen LogP contribution is -2.39. The molecule has 0 spiro atoms. The molecular weight excluding hydrogens is 284 g/mol. The zero-order valence-electron chi connectivity index (χ0n) is 13.1. The summed E-state index contributed by atoms with van der Waals surface area (Å²) in [7, 11) is 1.62. The van der Waals surface area contributed by atoms with E-state index in [2.05, 4.69) is 24.5 Å². The van der Waals surface area contributed by atoms with E-state index in [4.69, 9.17) is 17.0 Å². The lowest BCUT2D eigenvalue weighted by Gasteiger charge is -2.15. The van der Waals surface area contributed by atoms with E-state index in [0.717, 1.165) is 30.7 Å². The number of ether oxygens (including phenoxy) is 1. The Hall–Kier alpha value is -1.33. The fraction of sp³-hybridized carbons (Fsp3) is 0.562. The van der Waals surface area contributed by atoms with Crippen LogP contribution in [0.15, 0.2) is 24.3 Å². The predicted octanol–water partition coefficient (Wildman–Crippen LogP) is 2.77. The molecule has 0 aromatic heterocycles. The van der Waals surface area contributed by atoms with Crippen LogP contribution in [-0.2, 0) is 0 Å². The molecule has 1 rings (SSSR count). The van der Waals surface area contributed by atoms with Gasteiger partial charge in [-0.1, -0.05) is 18.2 Å². The lowest BCUT2D eigenvalue weighted by atomic mass is 10.0. The first-order valence-electron chi connectivity index (χ1n) is 7.40. The Bertz CT molecular complexity index is 438. The van der Waals surface area contributed by atoms with Gasteiger partial charge in [0.15, 0.2) is 5.11 Å². The third-order valence-electron chi connectivity index (χ3n) is 3.11. The quantitative estimate of drug-likeness (QED) is 0.509. The Morgan fingerprint density at radius 3 is 2.67 bits per heavy atom. The van der Waals surface area contributed by atoms with Gasteiger partial charge < -0.3 is 20.5 Å². The van der Waals surface area contributed by atoms with E-state index in [1.807, 2.05) is 24.3 Å². The highest BCUT2D eigenvalue weighted by molar-refractivity contribution is 7.80. The Labute approximate surface area is 132 Å². The maximum Gasteiger partial charge on any atom is 0.166 e. The smallest absolute Gasteiger partial charge is 0.166 e. The molecule has 118 valence electrons. The molecule has 0 saturated heterocycles. The summed E-state index contributed by atoms with van der Waals surface area (Å²) in [6.45, 7) is 4.92. The van der Waals surface area contributed by atoms with Crippen LogP contribution in [0.5, 0.6) is 5.75 Å². The monoisotopic (exact) mass is 310 g/mol. The average molecular weight is 310 g/mol. The molecule has 1 unspecified atom stereocenters. The number of unbranched alkanes of at least 4 members (excludes halogenated alkanes) is 1. The summed E-state index contributed by atoms with van der Waals surface area (Å²) in [6.07, 6.45) is 2.12. The van der Waals surface area contributed by atoms with Gasteiger partial charge in [-0.2, -0.15) is 0 Å². The van der Waals surface area contributed by atoms with Crippen molar-refractivity contribution in [3.05, 3.63) is 29.8 Å². The van der Waals surface area contributed by atoms with Crippen LogP contribution in [0.3, 0.4) is 0 Å². The number of hydrogen-bond acceptors (Lipinski definition) is 3. The maximum atomic E-state index is 10.2.